The van der Waals surface area contributed by atoms with Crippen LogP contribution in [0, 0.1) is 18.6 Å². The standard InChI is InChI=1S/C12H14F2N2S/c1-7-5-10(14)11(6-9(7)13)16-12-15-8(2)3-4-17-12/h5-6,8H,3-4H2,1-2H3,(H,15,16). The van der Waals surface area contributed by atoms with Crippen molar-refractivity contribution < 1.29 is 8.78 Å². The van der Waals surface area contributed by atoms with Gasteiger partial charge in [0, 0.05) is 11.8 Å². The average Bonchev–Trinajstić information content (AvgIpc) is 2.26. The van der Waals surface area contributed by atoms with Gasteiger partial charge in [0.05, 0.1) is 11.7 Å². The highest BCUT2D eigenvalue weighted by molar-refractivity contribution is 8.14. The van der Waals surface area contributed by atoms with E-state index in [-0.39, 0.29) is 11.7 Å². The van der Waals surface area contributed by atoms with Crippen molar-refractivity contribution in [3.05, 3.63) is 29.3 Å². The van der Waals surface area contributed by atoms with Crippen LogP contribution < -0.4 is 5.32 Å². The van der Waals surface area contributed by atoms with E-state index in [2.05, 4.69) is 10.3 Å². The third-order valence-corrected chi connectivity index (χ3v) is 3.52. The van der Waals surface area contributed by atoms with E-state index < -0.39 is 11.6 Å². The summed E-state index contributed by atoms with van der Waals surface area (Å²) in [7, 11) is 0. The SMILES string of the molecule is Cc1cc(F)c(NC2=NC(C)CCS2)cc1F. The van der Waals surface area contributed by atoms with Crippen molar-refractivity contribution in [3.8, 4) is 0 Å². The minimum atomic E-state index is -0.453. The number of amidine groups is 1. The number of aryl methyl sites for hydroxylation is 1. The lowest BCUT2D eigenvalue weighted by Gasteiger charge is -2.18. The first-order valence-corrected chi connectivity index (χ1v) is 6.48. The zero-order chi connectivity index (χ0) is 12.4. The Kier molecular flexibility index (Phi) is 3.66. The van der Waals surface area contributed by atoms with Crippen LogP contribution in [0.4, 0.5) is 14.5 Å². The Labute approximate surface area is 104 Å². The fourth-order valence-corrected chi connectivity index (χ4v) is 2.64. The molecule has 1 aromatic rings. The molecule has 0 aromatic heterocycles. The Bertz CT molecular complexity index is 460. The predicted octanol–water partition coefficient (Wildman–Crippen LogP) is 3.57. The highest BCUT2D eigenvalue weighted by Crippen LogP contribution is 2.23. The number of thioether (sulfide) groups is 1. The molecule has 92 valence electrons. The highest BCUT2D eigenvalue weighted by atomic mass is 32.2. The second kappa shape index (κ2) is 5.04. The van der Waals surface area contributed by atoms with E-state index in [4.69, 9.17) is 0 Å². The number of nitrogens with zero attached hydrogens (tertiary/aromatic N) is 1. The Morgan fingerprint density at radius 3 is 2.82 bits per heavy atom. The number of nitrogens with one attached hydrogen (secondary N) is 1. The molecule has 0 amide bonds. The largest absolute Gasteiger partial charge is 0.333 e. The van der Waals surface area contributed by atoms with Crippen molar-refractivity contribution >= 4 is 22.6 Å². The topological polar surface area (TPSA) is 24.4 Å². The highest BCUT2D eigenvalue weighted by Gasteiger charge is 2.14. The van der Waals surface area contributed by atoms with E-state index >= 15 is 0 Å². The number of benzene rings is 1. The molecular weight excluding hydrogens is 242 g/mol. The van der Waals surface area contributed by atoms with Crippen LogP contribution in [0.25, 0.3) is 0 Å². The Morgan fingerprint density at radius 2 is 2.12 bits per heavy atom. The number of hydrogen-bond acceptors (Lipinski definition) is 3. The molecule has 1 atom stereocenters. The van der Waals surface area contributed by atoms with Gasteiger partial charge < -0.3 is 5.32 Å². The Hall–Kier alpha value is -1.10. The fourth-order valence-electron chi connectivity index (χ4n) is 1.55. The van der Waals surface area contributed by atoms with Gasteiger partial charge in [-0.2, -0.15) is 0 Å². The zero-order valence-corrected chi connectivity index (χ0v) is 10.6. The molecule has 2 rings (SSSR count). The average molecular weight is 256 g/mol. The molecule has 1 N–H and O–H groups in total. The zero-order valence-electron chi connectivity index (χ0n) is 9.76. The molecule has 0 bridgehead atoms. The summed E-state index contributed by atoms with van der Waals surface area (Å²) in [6, 6.07) is 2.60. The maximum atomic E-state index is 13.6. The van der Waals surface area contributed by atoms with Crippen LogP contribution in [0.15, 0.2) is 17.1 Å². The molecule has 5 heteroatoms. The van der Waals surface area contributed by atoms with Gasteiger partial charge in [-0.25, -0.2) is 8.78 Å². The molecule has 0 fully saturated rings. The summed E-state index contributed by atoms with van der Waals surface area (Å²) in [5.74, 6) is 0.0805. The maximum absolute atomic E-state index is 13.6. The van der Waals surface area contributed by atoms with E-state index in [0.29, 0.717) is 10.7 Å². The van der Waals surface area contributed by atoms with Crippen LogP contribution in [0.1, 0.15) is 18.9 Å². The second-order valence-electron chi connectivity index (χ2n) is 4.13. The van der Waals surface area contributed by atoms with Crippen molar-refractivity contribution in [2.24, 2.45) is 4.99 Å². The minimum Gasteiger partial charge on any atom is -0.333 e. The molecule has 1 aromatic carbocycles. The molecule has 1 aliphatic heterocycles. The number of halogens is 2. The van der Waals surface area contributed by atoms with Gasteiger partial charge in [-0.15, -0.1) is 0 Å². The van der Waals surface area contributed by atoms with E-state index in [1.165, 1.54) is 30.8 Å². The van der Waals surface area contributed by atoms with Gasteiger partial charge in [-0.3, -0.25) is 4.99 Å². The minimum absolute atomic E-state index is 0.147. The second-order valence-corrected chi connectivity index (χ2v) is 5.21. The molecular formula is C12H14F2N2S. The third-order valence-electron chi connectivity index (χ3n) is 2.60. The Balaban J connectivity index is 2.21. The number of anilines is 1. The molecule has 0 radical (unpaired) electrons. The van der Waals surface area contributed by atoms with Gasteiger partial charge in [0.1, 0.15) is 11.6 Å². The summed E-state index contributed by atoms with van der Waals surface area (Å²) in [6.07, 6.45) is 1.01. The molecule has 1 heterocycles. The van der Waals surface area contributed by atoms with Gasteiger partial charge >= 0.3 is 0 Å². The van der Waals surface area contributed by atoms with E-state index in [1.54, 1.807) is 0 Å². The van der Waals surface area contributed by atoms with Crippen LogP contribution in [-0.4, -0.2) is 17.0 Å². The maximum Gasteiger partial charge on any atom is 0.161 e. The molecule has 17 heavy (non-hydrogen) atoms. The van der Waals surface area contributed by atoms with Crippen molar-refractivity contribution in [2.75, 3.05) is 11.1 Å². The number of rotatable bonds is 1. The first-order valence-electron chi connectivity index (χ1n) is 5.49. The molecule has 1 aliphatic rings. The lowest BCUT2D eigenvalue weighted by atomic mass is 10.2. The van der Waals surface area contributed by atoms with Crippen LogP contribution in [0.5, 0.6) is 0 Å². The monoisotopic (exact) mass is 256 g/mol. The van der Waals surface area contributed by atoms with Crippen LogP contribution in [0.2, 0.25) is 0 Å². The first-order chi connectivity index (χ1) is 8.06. The first kappa shape index (κ1) is 12.4. The lowest BCUT2D eigenvalue weighted by Crippen LogP contribution is -2.18. The van der Waals surface area contributed by atoms with Crippen molar-refractivity contribution in [2.45, 2.75) is 26.3 Å². The number of aliphatic imine (C=N–C) groups is 1. The summed E-state index contributed by atoms with van der Waals surface area (Å²) in [6.45, 7) is 3.55. The van der Waals surface area contributed by atoms with Crippen molar-refractivity contribution in [1.29, 1.82) is 0 Å². The summed E-state index contributed by atoms with van der Waals surface area (Å²) >= 11 is 1.53. The Morgan fingerprint density at radius 1 is 1.35 bits per heavy atom. The normalized spacial score (nSPS) is 20.0. The van der Waals surface area contributed by atoms with Gasteiger partial charge in [-0.05, 0) is 31.9 Å². The summed E-state index contributed by atoms with van der Waals surface area (Å²) in [4.78, 5) is 4.35. The van der Waals surface area contributed by atoms with Crippen LogP contribution in [-0.2, 0) is 0 Å². The van der Waals surface area contributed by atoms with Crippen LogP contribution in [0.3, 0.4) is 0 Å². The summed E-state index contributed by atoms with van der Waals surface area (Å²) < 4.78 is 26.9. The molecule has 0 saturated heterocycles. The van der Waals surface area contributed by atoms with Crippen molar-refractivity contribution in [3.63, 3.8) is 0 Å². The molecule has 0 saturated carbocycles. The van der Waals surface area contributed by atoms with E-state index in [1.807, 2.05) is 6.92 Å². The molecule has 0 aliphatic carbocycles. The summed E-state index contributed by atoms with van der Waals surface area (Å²) in [5.41, 5.74) is 0.452. The fraction of sp³-hybridized carbons (Fsp3) is 0.417. The van der Waals surface area contributed by atoms with E-state index in [9.17, 15) is 8.78 Å². The van der Waals surface area contributed by atoms with Gasteiger partial charge in [0.25, 0.3) is 0 Å². The van der Waals surface area contributed by atoms with Crippen LogP contribution >= 0.6 is 11.8 Å². The molecule has 1 unspecified atom stereocenters. The smallest absolute Gasteiger partial charge is 0.161 e. The third kappa shape index (κ3) is 2.97. The summed E-state index contributed by atoms with van der Waals surface area (Å²) in [5, 5.41) is 3.50. The number of hydrogen-bond donors (Lipinski definition) is 1. The van der Waals surface area contributed by atoms with Gasteiger partial charge in [0.15, 0.2) is 5.17 Å². The lowest BCUT2D eigenvalue weighted by molar-refractivity contribution is 0.596. The molecule has 2 nitrogen and oxygen atoms in total. The quantitative estimate of drug-likeness (QED) is 0.830. The van der Waals surface area contributed by atoms with Gasteiger partial charge in [-0.1, -0.05) is 11.8 Å². The van der Waals surface area contributed by atoms with Gasteiger partial charge in [0.2, 0.25) is 0 Å². The van der Waals surface area contributed by atoms with E-state index in [0.717, 1.165) is 12.2 Å². The molecule has 0 spiro atoms. The predicted molar refractivity (Wildman–Crippen MR) is 68.7 cm³/mol. The van der Waals surface area contributed by atoms with Crippen molar-refractivity contribution in [1.82, 2.24) is 0 Å².